The molecule has 0 spiro atoms. The molecule has 0 bridgehead atoms. The molecular weight excluding hydrogens is 362 g/mol. The van der Waals surface area contributed by atoms with Gasteiger partial charge in [0.05, 0.1) is 0 Å². The molecule has 2 heteroatoms. The van der Waals surface area contributed by atoms with Gasteiger partial charge >= 0.3 is 0 Å². The van der Waals surface area contributed by atoms with Gasteiger partial charge in [0.2, 0.25) is 0 Å². The summed E-state index contributed by atoms with van der Waals surface area (Å²) in [6.07, 6.45) is 11.3. The molecule has 0 saturated heterocycles. The fraction of sp³-hybridized carbons (Fsp3) is 0.778. The van der Waals surface area contributed by atoms with Crippen LogP contribution in [-0.2, 0) is 0 Å². The van der Waals surface area contributed by atoms with E-state index in [4.69, 9.17) is 4.11 Å². The van der Waals surface area contributed by atoms with Gasteiger partial charge in [-0.1, -0.05) is 51.5 Å². The number of halogens is 2. The van der Waals surface area contributed by atoms with Crippen molar-refractivity contribution >= 4 is 0 Å². The van der Waals surface area contributed by atoms with Crippen molar-refractivity contribution < 1.29 is 12.9 Å². The molecule has 3 saturated carbocycles. The Labute approximate surface area is 181 Å². The van der Waals surface area contributed by atoms with E-state index >= 15 is 0 Å². The molecular formula is C27H40F2. The molecule has 162 valence electrons. The SMILES string of the molecule is [2H]C1C2CCC(c3ccc(F)c(F)c3)CC2CC([2H])([2H])C1C1CCC(CCCCC)CC1. The fourth-order valence-electron chi connectivity index (χ4n) is 6.31. The van der Waals surface area contributed by atoms with Crippen molar-refractivity contribution in [3.8, 4) is 0 Å². The predicted octanol–water partition coefficient (Wildman–Crippen LogP) is 8.65. The van der Waals surface area contributed by atoms with Crippen LogP contribution >= 0.6 is 0 Å². The van der Waals surface area contributed by atoms with Crippen LogP contribution in [0.4, 0.5) is 8.78 Å². The van der Waals surface area contributed by atoms with Gasteiger partial charge in [0.1, 0.15) is 0 Å². The zero-order valence-corrected chi connectivity index (χ0v) is 18.0. The third kappa shape index (κ3) is 5.23. The van der Waals surface area contributed by atoms with Gasteiger partial charge in [-0.05, 0) is 104 Å². The van der Waals surface area contributed by atoms with E-state index in [9.17, 15) is 8.78 Å². The molecule has 3 aliphatic carbocycles. The van der Waals surface area contributed by atoms with Crippen LogP contribution in [0, 0.1) is 41.2 Å². The van der Waals surface area contributed by atoms with Crippen LogP contribution in [0.5, 0.6) is 0 Å². The van der Waals surface area contributed by atoms with E-state index < -0.39 is 18.0 Å². The summed E-state index contributed by atoms with van der Waals surface area (Å²) < 4.78 is 54.1. The molecule has 29 heavy (non-hydrogen) atoms. The lowest BCUT2D eigenvalue weighted by Gasteiger charge is -2.45. The van der Waals surface area contributed by atoms with Gasteiger partial charge in [-0.3, -0.25) is 0 Å². The molecule has 0 radical (unpaired) electrons. The number of rotatable bonds is 6. The van der Waals surface area contributed by atoms with Crippen LogP contribution in [0.25, 0.3) is 0 Å². The maximum atomic E-state index is 13.8. The van der Waals surface area contributed by atoms with Gasteiger partial charge in [-0.2, -0.15) is 0 Å². The van der Waals surface area contributed by atoms with Crippen LogP contribution in [-0.4, -0.2) is 0 Å². The van der Waals surface area contributed by atoms with Gasteiger partial charge in [-0.15, -0.1) is 0 Å². The van der Waals surface area contributed by atoms with Crippen LogP contribution in [0.3, 0.4) is 0 Å². The first-order chi connectivity index (χ1) is 15.3. The van der Waals surface area contributed by atoms with Gasteiger partial charge in [0.25, 0.3) is 0 Å². The highest BCUT2D eigenvalue weighted by Crippen LogP contribution is 2.51. The summed E-state index contributed by atoms with van der Waals surface area (Å²) in [6, 6.07) is 4.21. The van der Waals surface area contributed by atoms with Gasteiger partial charge in [0.15, 0.2) is 11.6 Å². The Morgan fingerprint density at radius 3 is 2.41 bits per heavy atom. The summed E-state index contributed by atoms with van der Waals surface area (Å²) in [5.41, 5.74) is 0.827. The summed E-state index contributed by atoms with van der Waals surface area (Å²) in [7, 11) is 0. The quantitative estimate of drug-likeness (QED) is 0.415. The number of unbranched alkanes of at least 4 members (excludes halogenated alkanes) is 2. The molecule has 1 aromatic rings. The van der Waals surface area contributed by atoms with E-state index in [2.05, 4.69) is 6.92 Å². The second kappa shape index (κ2) is 9.92. The minimum absolute atomic E-state index is 0.143. The Morgan fingerprint density at radius 1 is 0.862 bits per heavy atom. The van der Waals surface area contributed by atoms with E-state index in [1.165, 1.54) is 50.7 Å². The van der Waals surface area contributed by atoms with Crippen molar-refractivity contribution in [3.63, 3.8) is 0 Å². The molecule has 0 N–H and O–H groups in total. The number of fused-ring (bicyclic) bond motifs is 1. The van der Waals surface area contributed by atoms with Crippen LogP contribution in [0.2, 0.25) is 0 Å². The van der Waals surface area contributed by atoms with Crippen molar-refractivity contribution in [1.82, 2.24) is 0 Å². The standard InChI is InChI=1S/C27H40F2/c1-2-3-4-5-19-6-8-20(9-7-19)21-10-11-23-17-24(13-12-22(23)16-21)25-14-15-26(28)27(29)18-25/h14-15,18-24H,2-13,16-17H2,1H3/i10D2,16D. The lowest BCUT2D eigenvalue weighted by atomic mass is 9.60. The number of benzene rings is 1. The number of hydrogen-bond acceptors (Lipinski definition) is 0. The molecule has 0 aliphatic heterocycles. The maximum absolute atomic E-state index is 13.8. The highest BCUT2D eigenvalue weighted by Gasteiger charge is 2.39. The molecule has 0 heterocycles. The molecule has 3 fully saturated rings. The van der Waals surface area contributed by atoms with Crippen LogP contribution in [0.15, 0.2) is 18.2 Å². The summed E-state index contributed by atoms with van der Waals surface area (Å²) in [6.45, 7) is 2.25. The van der Waals surface area contributed by atoms with E-state index in [0.29, 0.717) is 12.3 Å². The zero-order valence-electron chi connectivity index (χ0n) is 21.0. The van der Waals surface area contributed by atoms with E-state index in [1.807, 2.05) is 0 Å². The highest BCUT2D eigenvalue weighted by molar-refractivity contribution is 5.22. The summed E-state index contributed by atoms with van der Waals surface area (Å²) in [5, 5.41) is 0. The molecule has 4 rings (SSSR count). The van der Waals surface area contributed by atoms with Crippen molar-refractivity contribution in [2.24, 2.45) is 29.6 Å². The van der Waals surface area contributed by atoms with Gasteiger partial charge < -0.3 is 0 Å². The Hall–Kier alpha value is -0.920. The lowest BCUT2D eigenvalue weighted by Crippen LogP contribution is -2.34. The van der Waals surface area contributed by atoms with Gasteiger partial charge in [0, 0.05) is 4.11 Å². The second-order valence-electron chi connectivity index (χ2n) is 10.0. The Bertz CT molecular complexity index is 759. The second-order valence-corrected chi connectivity index (χ2v) is 10.0. The molecule has 0 nitrogen and oxygen atoms in total. The van der Waals surface area contributed by atoms with Crippen molar-refractivity contribution in [2.75, 3.05) is 0 Å². The third-order valence-electron chi connectivity index (χ3n) is 8.14. The van der Waals surface area contributed by atoms with Crippen molar-refractivity contribution in [2.45, 2.75) is 103 Å². The van der Waals surface area contributed by atoms with Crippen molar-refractivity contribution in [1.29, 1.82) is 0 Å². The monoisotopic (exact) mass is 405 g/mol. The first-order valence-electron chi connectivity index (χ1n) is 13.7. The Balaban J connectivity index is 1.39. The Kier molecular flexibility index (Phi) is 6.07. The first kappa shape index (κ1) is 17.7. The molecule has 5 unspecified atom stereocenters. The number of hydrogen-bond donors (Lipinski definition) is 0. The summed E-state index contributed by atoms with van der Waals surface area (Å²) >= 11 is 0. The normalized spacial score (nSPS) is 41.1. The fourth-order valence-corrected chi connectivity index (χ4v) is 6.31. The zero-order chi connectivity index (χ0) is 22.9. The largest absolute Gasteiger partial charge is 0.204 e. The third-order valence-corrected chi connectivity index (χ3v) is 8.14. The minimum atomic E-state index is -1.30. The molecule has 1 aromatic carbocycles. The average Bonchev–Trinajstić information content (AvgIpc) is 2.76. The highest BCUT2D eigenvalue weighted by atomic mass is 19.2. The van der Waals surface area contributed by atoms with E-state index in [0.717, 1.165) is 43.6 Å². The van der Waals surface area contributed by atoms with Crippen LogP contribution in [0.1, 0.15) is 112 Å². The van der Waals surface area contributed by atoms with E-state index in [-0.39, 0.29) is 30.1 Å². The van der Waals surface area contributed by atoms with Crippen molar-refractivity contribution in [3.05, 3.63) is 35.4 Å². The summed E-state index contributed by atoms with van der Waals surface area (Å²) in [4.78, 5) is 0. The average molecular weight is 406 g/mol. The first-order valence-corrected chi connectivity index (χ1v) is 12.2. The lowest BCUT2D eigenvalue weighted by molar-refractivity contribution is 0.0710. The van der Waals surface area contributed by atoms with E-state index in [1.54, 1.807) is 6.07 Å². The minimum Gasteiger partial charge on any atom is -0.204 e. The maximum Gasteiger partial charge on any atom is 0.159 e. The topological polar surface area (TPSA) is 0 Å². The van der Waals surface area contributed by atoms with Gasteiger partial charge in [-0.25, -0.2) is 8.78 Å². The molecule has 3 aliphatic rings. The van der Waals surface area contributed by atoms with Crippen LogP contribution < -0.4 is 0 Å². The molecule has 0 aromatic heterocycles. The predicted molar refractivity (Wildman–Crippen MR) is 117 cm³/mol. The molecule has 0 amide bonds. The smallest absolute Gasteiger partial charge is 0.159 e. The molecule has 5 atom stereocenters. The summed E-state index contributed by atoms with van der Waals surface area (Å²) in [5.74, 6) is -0.0632. The Morgan fingerprint density at radius 2 is 1.66 bits per heavy atom.